The van der Waals surface area contributed by atoms with Crippen LogP contribution in [0.15, 0.2) is 47.0 Å². The smallest absolute Gasteiger partial charge is 0.254 e. The second kappa shape index (κ2) is 8.20. The Labute approximate surface area is 127 Å². The van der Waals surface area contributed by atoms with E-state index in [-0.39, 0.29) is 4.90 Å². The molecule has 0 amide bonds. The van der Waals surface area contributed by atoms with Gasteiger partial charge in [-0.2, -0.15) is 8.42 Å². The van der Waals surface area contributed by atoms with E-state index >= 15 is 0 Å². The summed E-state index contributed by atoms with van der Waals surface area (Å²) in [6.45, 7) is 0. The van der Waals surface area contributed by atoms with Crippen LogP contribution in [-0.4, -0.2) is 8.42 Å². The van der Waals surface area contributed by atoms with Crippen molar-refractivity contribution < 1.29 is 12.7 Å². The van der Waals surface area contributed by atoms with Crippen LogP contribution in [0.2, 0.25) is 0 Å². The Hall–Kier alpha value is -1.33. The number of nitrogens with one attached hydrogen (secondary N) is 1. The van der Waals surface area contributed by atoms with Crippen molar-refractivity contribution in [3.05, 3.63) is 42.1 Å². The van der Waals surface area contributed by atoms with E-state index in [9.17, 15) is 8.42 Å². The molecule has 1 aromatic rings. The molecule has 0 unspecified atom stereocenters. The van der Waals surface area contributed by atoms with E-state index in [4.69, 9.17) is 4.28 Å². The molecular formula is C16H23NO3S. The molecule has 1 aliphatic carbocycles. The zero-order chi connectivity index (χ0) is 15.0. The fourth-order valence-electron chi connectivity index (χ4n) is 2.38. The fraction of sp³-hybridized carbons (Fsp3) is 0.500. The number of hydrogen-bond acceptors (Lipinski definition) is 4. The van der Waals surface area contributed by atoms with Crippen molar-refractivity contribution in [3.63, 3.8) is 0 Å². The third-order valence-corrected chi connectivity index (χ3v) is 4.76. The molecular weight excluding hydrogens is 286 g/mol. The molecule has 21 heavy (non-hydrogen) atoms. The zero-order valence-corrected chi connectivity index (χ0v) is 13.1. The van der Waals surface area contributed by atoms with Crippen LogP contribution in [0, 0.1) is 0 Å². The first-order chi connectivity index (χ1) is 10.2. The molecule has 4 nitrogen and oxygen atoms in total. The first-order valence-electron chi connectivity index (χ1n) is 7.62. The van der Waals surface area contributed by atoms with E-state index in [1.807, 2.05) is 0 Å². The minimum Gasteiger partial charge on any atom is -0.254 e. The maximum atomic E-state index is 12.0. The van der Waals surface area contributed by atoms with Crippen LogP contribution < -0.4 is 5.48 Å². The third kappa shape index (κ3) is 5.52. The van der Waals surface area contributed by atoms with Gasteiger partial charge in [0.15, 0.2) is 0 Å². The van der Waals surface area contributed by atoms with Crippen molar-refractivity contribution in [1.29, 1.82) is 0 Å². The molecule has 116 valence electrons. The predicted octanol–water partition coefficient (Wildman–Crippen LogP) is 3.91. The Morgan fingerprint density at radius 2 is 1.57 bits per heavy atom. The molecule has 2 rings (SSSR count). The van der Waals surface area contributed by atoms with Crippen LogP contribution in [0.3, 0.4) is 0 Å². The quantitative estimate of drug-likeness (QED) is 0.857. The Morgan fingerprint density at radius 1 is 0.905 bits per heavy atom. The predicted molar refractivity (Wildman–Crippen MR) is 82.9 cm³/mol. The second-order valence-electron chi connectivity index (χ2n) is 5.34. The van der Waals surface area contributed by atoms with Crippen LogP contribution in [0.4, 0.5) is 0 Å². The van der Waals surface area contributed by atoms with Crippen molar-refractivity contribution in [2.24, 2.45) is 0 Å². The molecule has 0 atom stereocenters. The number of benzene rings is 1. The molecule has 1 aromatic carbocycles. The highest BCUT2D eigenvalue weighted by Crippen LogP contribution is 2.17. The molecule has 0 aliphatic heterocycles. The summed E-state index contributed by atoms with van der Waals surface area (Å²) >= 11 is 0. The van der Waals surface area contributed by atoms with Crippen molar-refractivity contribution in [3.8, 4) is 0 Å². The van der Waals surface area contributed by atoms with Gasteiger partial charge >= 0.3 is 10.1 Å². The Balaban J connectivity index is 1.95. The lowest BCUT2D eigenvalue weighted by atomic mass is 10.0. The number of rotatable bonds is 4. The SMILES string of the molecule is O=S(=O)(ONC1=CCCCCCCCC1)c1ccccc1. The lowest BCUT2D eigenvalue weighted by molar-refractivity contribution is 0.230. The van der Waals surface area contributed by atoms with Gasteiger partial charge < -0.3 is 0 Å². The topological polar surface area (TPSA) is 55.4 Å². The summed E-state index contributed by atoms with van der Waals surface area (Å²) in [6, 6.07) is 8.19. The minimum atomic E-state index is -3.75. The first kappa shape index (κ1) is 16.0. The molecule has 0 heterocycles. The third-order valence-electron chi connectivity index (χ3n) is 3.61. The lowest BCUT2D eigenvalue weighted by Crippen LogP contribution is -2.20. The van der Waals surface area contributed by atoms with Crippen molar-refractivity contribution in [1.82, 2.24) is 5.48 Å². The van der Waals surface area contributed by atoms with Crippen LogP contribution in [0.1, 0.15) is 51.4 Å². The Bertz CT molecular complexity index is 552. The molecule has 0 fully saturated rings. The maximum Gasteiger partial charge on any atom is 0.317 e. The van der Waals surface area contributed by atoms with Crippen LogP contribution in [0.25, 0.3) is 0 Å². The molecule has 0 radical (unpaired) electrons. The highest BCUT2D eigenvalue weighted by atomic mass is 32.2. The first-order valence-corrected chi connectivity index (χ1v) is 9.03. The number of hydroxylamine groups is 1. The largest absolute Gasteiger partial charge is 0.317 e. The average molecular weight is 309 g/mol. The lowest BCUT2D eigenvalue weighted by Gasteiger charge is -2.12. The Kier molecular flexibility index (Phi) is 6.26. The molecule has 0 spiro atoms. The highest BCUT2D eigenvalue weighted by molar-refractivity contribution is 7.86. The number of hydrogen-bond donors (Lipinski definition) is 1. The van der Waals surface area contributed by atoms with Gasteiger partial charge in [-0.05, 0) is 37.8 Å². The van der Waals surface area contributed by atoms with E-state index < -0.39 is 10.1 Å². The monoisotopic (exact) mass is 309 g/mol. The normalized spacial score (nSPS) is 17.8. The van der Waals surface area contributed by atoms with Gasteiger partial charge in [0.2, 0.25) is 0 Å². The standard InChI is InChI=1S/C16H23NO3S/c18-21(19,16-13-9-6-10-14-16)20-17-15-11-7-4-2-1-3-5-8-12-15/h6,9-11,13-14,17H,1-5,7-8,12H2. The summed E-state index contributed by atoms with van der Waals surface area (Å²) in [5.74, 6) is 0. The maximum absolute atomic E-state index is 12.0. The van der Waals surface area contributed by atoms with Gasteiger partial charge in [-0.25, -0.2) is 0 Å². The summed E-state index contributed by atoms with van der Waals surface area (Å²) < 4.78 is 29.1. The molecule has 0 bridgehead atoms. The van der Waals surface area contributed by atoms with Gasteiger partial charge in [-0.3, -0.25) is 5.48 Å². The minimum absolute atomic E-state index is 0.165. The molecule has 0 saturated carbocycles. The van der Waals surface area contributed by atoms with Crippen LogP contribution in [-0.2, 0) is 14.4 Å². The second-order valence-corrected chi connectivity index (χ2v) is 6.89. The van der Waals surface area contributed by atoms with Gasteiger partial charge in [-0.1, -0.05) is 50.0 Å². The molecule has 5 heteroatoms. The van der Waals surface area contributed by atoms with Gasteiger partial charge in [-0.15, -0.1) is 4.28 Å². The molecule has 0 aromatic heterocycles. The molecule has 1 N–H and O–H groups in total. The van der Waals surface area contributed by atoms with E-state index in [1.54, 1.807) is 18.2 Å². The van der Waals surface area contributed by atoms with Crippen molar-refractivity contribution in [2.75, 3.05) is 0 Å². The number of allylic oxidation sites excluding steroid dienone is 2. The summed E-state index contributed by atoms with van der Waals surface area (Å²) in [6.07, 6.45) is 11.1. The van der Waals surface area contributed by atoms with Gasteiger partial charge in [0.25, 0.3) is 0 Å². The fourth-order valence-corrected chi connectivity index (χ4v) is 3.19. The van der Waals surface area contributed by atoms with E-state index in [0.29, 0.717) is 0 Å². The molecule has 0 saturated heterocycles. The van der Waals surface area contributed by atoms with Crippen molar-refractivity contribution >= 4 is 10.1 Å². The van der Waals surface area contributed by atoms with E-state index in [1.165, 1.54) is 37.8 Å². The van der Waals surface area contributed by atoms with Crippen molar-refractivity contribution in [2.45, 2.75) is 56.3 Å². The zero-order valence-electron chi connectivity index (χ0n) is 12.3. The van der Waals surface area contributed by atoms with E-state index in [0.717, 1.165) is 31.4 Å². The summed E-state index contributed by atoms with van der Waals surface area (Å²) in [4.78, 5) is 0.165. The van der Waals surface area contributed by atoms with E-state index in [2.05, 4.69) is 11.6 Å². The highest BCUT2D eigenvalue weighted by Gasteiger charge is 2.15. The van der Waals surface area contributed by atoms with Gasteiger partial charge in [0.1, 0.15) is 0 Å². The summed E-state index contributed by atoms with van der Waals surface area (Å²) in [7, 11) is -3.75. The molecule has 1 aliphatic rings. The average Bonchev–Trinajstić information content (AvgIpc) is 2.52. The Morgan fingerprint density at radius 3 is 2.33 bits per heavy atom. The van der Waals surface area contributed by atoms with Crippen LogP contribution in [0.5, 0.6) is 0 Å². The van der Waals surface area contributed by atoms with Gasteiger partial charge in [0.05, 0.1) is 4.90 Å². The van der Waals surface area contributed by atoms with Gasteiger partial charge in [0, 0.05) is 5.70 Å². The summed E-state index contributed by atoms with van der Waals surface area (Å²) in [5.41, 5.74) is 3.52. The summed E-state index contributed by atoms with van der Waals surface area (Å²) in [5, 5.41) is 0. The van der Waals surface area contributed by atoms with Crippen LogP contribution >= 0.6 is 0 Å².